The van der Waals surface area contributed by atoms with Gasteiger partial charge in [0.05, 0.1) is 11.7 Å². The van der Waals surface area contributed by atoms with E-state index in [1.807, 2.05) is 18.7 Å². The van der Waals surface area contributed by atoms with Gasteiger partial charge in [0.15, 0.2) is 0 Å². The van der Waals surface area contributed by atoms with Crippen molar-refractivity contribution in [1.82, 2.24) is 4.90 Å². The van der Waals surface area contributed by atoms with Gasteiger partial charge < -0.3 is 10.0 Å². The molecule has 0 aliphatic heterocycles. The molecule has 1 unspecified atom stereocenters. The predicted octanol–water partition coefficient (Wildman–Crippen LogP) is 4.00. The molecule has 0 spiro atoms. The molecule has 0 aliphatic carbocycles. The van der Waals surface area contributed by atoms with Crippen molar-refractivity contribution in [2.24, 2.45) is 0 Å². The van der Waals surface area contributed by atoms with Crippen LogP contribution in [0, 0.1) is 5.82 Å². The van der Waals surface area contributed by atoms with E-state index in [1.54, 1.807) is 14.1 Å². The van der Waals surface area contributed by atoms with E-state index < -0.39 is 29.2 Å². The highest BCUT2D eigenvalue weighted by Gasteiger charge is 2.39. The van der Waals surface area contributed by atoms with Gasteiger partial charge in [-0.1, -0.05) is 19.9 Å². The van der Waals surface area contributed by atoms with E-state index in [2.05, 4.69) is 0 Å². The molecule has 0 saturated heterocycles. The topological polar surface area (TPSA) is 23.5 Å². The molecule has 0 saturated carbocycles. The van der Waals surface area contributed by atoms with Crippen LogP contribution in [0.3, 0.4) is 0 Å². The largest absolute Gasteiger partial charge is 0.419 e. The van der Waals surface area contributed by atoms with Gasteiger partial charge in [0.25, 0.3) is 0 Å². The molecule has 21 heavy (non-hydrogen) atoms. The smallest absolute Gasteiger partial charge is 0.386 e. The molecule has 0 fully saturated rings. The summed E-state index contributed by atoms with van der Waals surface area (Å²) in [6, 6.07) is 2.59. The molecule has 1 atom stereocenters. The first kappa shape index (κ1) is 17.9. The standard InChI is InChI=1S/C15H21F4NO/c1-5-14(6-2,20(3)4)13(21)10-7-8-11(12(16)9-10)15(17,18)19/h7-9,13,21H,5-6H2,1-4H3. The van der Waals surface area contributed by atoms with Gasteiger partial charge >= 0.3 is 6.18 Å². The normalized spacial score (nSPS) is 14.6. The fraction of sp³-hybridized carbons (Fsp3) is 0.600. The molecule has 0 amide bonds. The van der Waals surface area contributed by atoms with Gasteiger partial charge in [-0.3, -0.25) is 0 Å². The molecule has 1 rings (SSSR count). The third-order valence-electron chi connectivity index (χ3n) is 4.24. The zero-order valence-corrected chi connectivity index (χ0v) is 12.6. The Bertz CT molecular complexity index is 481. The quantitative estimate of drug-likeness (QED) is 0.831. The van der Waals surface area contributed by atoms with E-state index in [0.717, 1.165) is 12.1 Å². The molecule has 0 radical (unpaired) electrons. The first-order chi connectivity index (χ1) is 9.60. The molecule has 6 heteroatoms. The van der Waals surface area contributed by atoms with E-state index in [0.29, 0.717) is 18.9 Å². The molecule has 1 aromatic carbocycles. The second-order valence-electron chi connectivity index (χ2n) is 5.34. The van der Waals surface area contributed by atoms with E-state index in [-0.39, 0.29) is 5.56 Å². The Balaban J connectivity index is 3.25. The predicted molar refractivity (Wildman–Crippen MR) is 73.4 cm³/mol. The molecule has 2 nitrogen and oxygen atoms in total. The van der Waals surface area contributed by atoms with Crippen LogP contribution in [0.25, 0.3) is 0 Å². The van der Waals surface area contributed by atoms with Gasteiger partial charge in [0.2, 0.25) is 0 Å². The number of aliphatic hydroxyl groups excluding tert-OH is 1. The molecule has 120 valence electrons. The molecule has 0 aromatic heterocycles. The van der Waals surface area contributed by atoms with Crippen LogP contribution in [-0.2, 0) is 6.18 Å². The lowest BCUT2D eigenvalue weighted by Gasteiger charge is -2.42. The average molecular weight is 307 g/mol. The van der Waals surface area contributed by atoms with Crippen molar-refractivity contribution < 1.29 is 22.7 Å². The van der Waals surface area contributed by atoms with Crippen LogP contribution in [0.5, 0.6) is 0 Å². The summed E-state index contributed by atoms with van der Waals surface area (Å²) in [7, 11) is 3.58. The lowest BCUT2D eigenvalue weighted by molar-refractivity contribution is -0.140. The number of rotatable bonds is 5. The van der Waals surface area contributed by atoms with Crippen LogP contribution in [0.2, 0.25) is 0 Å². The van der Waals surface area contributed by atoms with Gasteiger partial charge in [-0.2, -0.15) is 13.2 Å². The summed E-state index contributed by atoms with van der Waals surface area (Å²) in [5, 5.41) is 10.5. The fourth-order valence-electron chi connectivity index (χ4n) is 2.76. The Kier molecular flexibility index (Phi) is 5.39. The highest BCUT2D eigenvalue weighted by Crippen LogP contribution is 2.38. The van der Waals surface area contributed by atoms with E-state index >= 15 is 0 Å². The van der Waals surface area contributed by atoms with Gasteiger partial charge in [0.1, 0.15) is 5.82 Å². The first-order valence-corrected chi connectivity index (χ1v) is 6.82. The maximum atomic E-state index is 13.7. The van der Waals surface area contributed by atoms with Crippen LogP contribution in [-0.4, -0.2) is 29.6 Å². The van der Waals surface area contributed by atoms with Crippen LogP contribution in [0.1, 0.15) is 43.9 Å². The summed E-state index contributed by atoms with van der Waals surface area (Å²) >= 11 is 0. The Morgan fingerprint density at radius 1 is 1.14 bits per heavy atom. The summed E-state index contributed by atoms with van der Waals surface area (Å²) in [6.07, 6.45) is -4.64. The number of hydrogen-bond donors (Lipinski definition) is 1. The van der Waals surface area contributed by atoms with Gasteiger partial charge in [-0.05, 0) is 44.6 Å². The van der Waals surface area contributed by atoms with Crippen molar-refractivity contribution in [3.63, 3.8) is 0 Å². The number of likely N-dealkylation sites (N-methyl/N-ethyl adjacent to an activating group) is 1. The minimum atomic E-state index is -4.73. The van der Waals surface area contributed by atoms with Crippen molar-refractivity contribution >= 4 is 0 Å². The van der Waals surface area contributed by atoms with Crippen LogP contribution < -0.4 is 0 Å². The number of benzene rings is 1. The molecule has 1 N–H and O–H groups in total. The maximum Gasteiger partial charge on any atom is 0.419 e. The monoisotopic (exact) mass is 307 g/mol. The van der Waals surface area contributed by atoms with Crippen molar-refractivity contribution in [2.45, 2.75) is 44.5 Å². The third kappa shape index (κ3) is 3.37. The molecular formula is C15H21F4NO. The number of hydrogen-bond acceptors (Lipinski definition) is 2. The van der Waals surface area contributed by atoms with Crippen molar-refractivity contribution in [3.8, 4) is 0 Å². The van der Waals surface area contributed by atoms with E-state index in [1.165, 1.54) is 0 Å². The Hall–Kier alpha value is -1.14. The van der Waals surface area contributed by atoms with Crippen LogP contribution >= 0.6 is 0 Å². The summed E-state index contributed by atoms with van der Waals surface area (Å²) in [4.78, 5) is 1.83. The molecule has 0 heterocycles. The maximum absolute atomic E-state index is 13.7. The summed E-state index contributed by atoms with van der Waals surface area (Å²) in [5.41, 5.74) is -1.81. The summed E-state index contributed by atoms with van der Waals surface area (Å²) in [5.74, 6) is -1.36. The Morgan fingerprint density at radius 2 is 1.67 bits per heavy atom. The molecule has 1 aromatic rings. The van der Waals surface area contributed by atoms with Gasteiger partial charge in [0, 0.05) is 5.54 Å². The fourth-order valence-corrected chi connectivity index (χ4v) is 2.76. The SMILES string of the molecule is CCC(CC)(C(O)c1ccc(C(F)(F)F)c(F)c1)N(C)C. The number of halogens is 4. The second kappa shape index (κ2) is 6.32. The van der Waals surface area contributed by atoms with Crippen LogP contribution in [0.4, 0.5) is 17.6 Å². The lowest BCUT2D eigenvalue weighted by atomic mass is 9.81. The van der Waals surface area contributed by atoms with Crippen LogP contribution in [0.15, 0.2) is 18.2 Å². The second-order valence-corrected chi connectivity index (χ2v) is 5.34. The van der Waals surface area contributed by atoms with E-state index in [9.17, 15) is 22.7 Å². The molecular weight excluding hydrogens is 286 g/mol. The highest BCUT2D eigenvalue weighted by atomic mass is 19.4. The average Bonchev–Trinajstić information content (AvgIpc) is 2.38. The lowest BCUT2D eigenvalue weighted by Crippen LogP contribution is -2.48. The third-order valence-corrected chi connectivity index (χ3v) is 4.24. The van der Waals surface area contributed by atoms with Gasteiger partial charge in [-0.15, -0.1) is 0 Å². The minimum absolute atomic E-state index is 0.151. The zero-order valence-electron chi connectivity index (χ0n) is 12.6. The highest BCUT2D eigenvalue weighted by molar-refractivity contribution is 5.29. The Labute approximate surface area is 122 Å². The number of nitrogens with zero attached hydrogens (tertiary/aromatic N) is 1. The van der Waals surface area contributed by atoms with E-state index in [4.69, 9.17) is 0 Å². The zero-order chi connectivity index (χ0) is 16.4. The molecule has 0 aliphatic rings. The minimum Gasteiger partial charge on any atom is -0.386 e. The Morgan fingerprint density at radius 3 is 2.00 bits per heavy atom. The van der Waals surface area contributed by atoms with Crippen molar-refractivity contribution in [3.05, 3.63) is 35.1 Å². The van der Waals surface area contributed by atoms with Crippen molar-refractivity contribution in [1.29, 1.82) is 0 Å². The van der Waals surface area contributed by atoms with Gasteiger partial charge in [-0.25, -0.2) is 4.39 Å². The number of alkyl halides is 3. The molecule has 0 bridgehead atoms. The summed E-state index contributed by atoms with van der Waals surface area (Å²) in [6.45, 7) is 3.76. The summed E-state index contributed by atoms with van der Waals surface area (Å²) < 4.78 is 51.4. The number of aliphatic hydroxyl groups is 1. The first-order valence-electron chi connectivity index (χ1n) is 6.82. The van der Waals surface area contributed by atoms with Crippen molar-refractivity contribution in [2.75, 3.05) is 14.1 Å².